The van der Waals surface area contributed by atoms with E-state index >= 15 is 0 Å². The number of aliphatic hydroxyl groups excluding tert-OH is 8. The maximum atomic E-state index is 10.4. The fourth-order valence-corrected chi connectivity index (χ4v) is 4.20. The van der Waals surface area contributed by atoms with Gasteiger partial charge in [-0.2, -0.15) is 0 Å². The lowest BCUT2D eigenvalue weighted by Crippen LogP contribution is -2.60. The summed E-state index contributed by atoms with van der Waals surface area (Å²) in [6, 6.07) is 10.7. The van der Waals surface area contributed by atoms with Gasteiger partial charge in [-0.15, -0.1) is 0 Å². The van der Waals surface area contributed by atoms with Crippen molar-refractivity contribution in [2.45, 2.75) is 61.4 Å². The van der Waals surface area contributed by atoms with E-state index in [1.54, 1.807) is 24.3 Å². The van der Waals surface area contributed by atoms with Gasteiger partial charge in [0, 0.05) is 6.07 Å². The van der Waals surface area contributed by atoms with Gasteiger partial charge in [0.05, 0.1) is 13.2 Å². The quantitative estimate of drug-likeness (QED) is 0.161. The van der Waals surface area contributed by atoms with Crippen LogP contribution >= 0.6 is 0 Å². The highest BCUT2D eigenvalue weighted by Crippen LogP contribution is 2.31. The smallest absolute Gasteiger partial charge is 0.229 e. The molecule has 10 atom stereocenters. The molecule has 39 heavy (non-hydrogen) atoms. The van der Waals surface area contributed by atoms with Gasteiger partial charge in [0.2, 0.25) is 12.6 Å². The van der Waals surface area contributed by atoms with Gasteiger partial charge in [-0.05, 0) is 35.4 Å². The predicted molar refractivity (Wildman–Crippen MR) is 132 cm³/mol. The van der Waals surface area contributed by atoms with Gasteiger partial charge < -0.3 is 64.9 Å². The lowest BCUT2D eigenvalue weighted by Gasteiger charge is -2.40. The lowest BCUT2D eigenvalue weighted by atomic mass is 9.99. The zero-order valence-corrected chi connectivity index (χ0v) is 20.5. The van der Waals surface area contributed by atoms with Gasteiger partial charge in [-0.1, -0.05) is 24.3 Å². The Bertz CT molecular complexity index is 1050. The molecule has 0 saturated carbocycles. The van der Waals surface area contributed by atoms with Crippen LogP contribution in [0.2, 0.25) is 0 Å². The molecule has 2 fully saturated rings. The monoisotopic (exact) mass is 552 g/mol. The third-order valence-corrected chi connectivity index (χ3v) is 6.47. The summed E-state index contributed by atoms with van der Waals surface area (Å²) < 4.78 is 22.3. The van der Waals surface area contributed by atoms with Crippen LogP contribution < -0.4 is 9.47 Å². The first-order chi connectivity index (χ1) is 18.6. The van der Waals surface area contributed by atoms with Crippen molar-refractivity contribution >= 4 is 12.2 Å². The van der Waals surface area contributed by atoms with Gasteiger partial charge in [0.15, 0.2) is 0 Å². The molecule has 0 radical (unpaired) electrons. The van der Waals surface area contributed by atoms with Crippen LogP contribution in [0.15, 0.2) is 42.5 Å². The highest BCUT2D eigenvalue weighted by Gasteiger charge is 2.46. The van der Waals surface area contributed by atoms with Crippen molar-refractivity contribution < 1.29 is 64.9 Å². The Morgan fingerprint density at radius 2 is 1.03 bits per heavy atom. The molecule has 0 bridgehead atoms. The number of hydrogen-bond acceptors (Lipinski definition) is 13. The van der Waals surface area contributed by atoms with Crippen LogP contribution in [0.5, 0.6) is 17.2 Å². The topological polar surface area (TPSA) is 219 Å². The van der Waals surface area contributed by atoms with Gasteiger partial charge >= 0.3 is 0 Å². The van der Waals surface area contributed by atoms with E-state index in [0.717, 1.165) is 5.56 Å². The number of hydrogen-bond donors (Lipinski definition) is 9. The Labute approximate surface area is 222 Å². The van der Waals surface area contributed by atoms with Gasteiger partial charge in [0.1, 0.15) is 66.1 Å². The van der Waals surface area contributed by atoms with E-state index in [1.165, 1.54) is 30.3 Å². The van der Waals surface area contributed by atoms with E-state index in [9.17, 15) is 46.0 Å². The third-order valence-electron chi connectivity index (χ3n) is 6.47. The third kappa shape index (κ3) is 6.67. The second kappa shape index (κ2) is 12.6. The maximum Gasteiger partial charge on any atom is 0.229 e. The van der Waals surface area contributed by atoms with Crippen molar-refractivity contribution in [1.82, 2.24) is 0 Å². The van der Waals surface area contributed by atoms with Crippen molar-refractivity contribution in [3.05, 3.63) is 53.6 Å². The molecule has 2 aromatic carbocycles. The molecule has 2 aliphatic heterocycles. The molecule has 13 nitrogen and oxygen atoms in total. The highest BCUT2D eigenvalue weighted by atomic mass is 16.7. The number of aromatic hydroxyl groups is 1. The number of phenols is 1. The average Bonchev–Trinajstić information content (AvgIpc) is 2.93. The summed E-state index contributed by atoms with van der Waals surface area (Å²) in [5, 5.41) is 89.4. The van der Waals surface area contributed by atoms with Crippen molar-refractivity contribution in [1.29, 1.82) is 0 Å². The summed E-state index contributed by atoms with van der Waals surface area (Å²) in [7, 11) is 0. The van der Waals surface area contributed by atoms with Crippen molar-refractivity contribution in [2.75, 3.05) is 13.2 Å². The lowest BCUT2D eigenvalue weighted by molar-refractivity contribution is -0.278. The number of phenolic OH excluding ortho intramolecular Hbond substituents is 1. The maximum absolute atomic E-state index is 10.4. The number of benzene rings is 2. The Balaban J connectivity index is 1.62. The van der Waals surface area contributed by atoms with Crippen LogP contribution in [0.1, 0.15) is 11.1 Å². The second-order valence-electron chi connectivity index (χ2n) is 9.29. The first-order valence-corrected chi connectivity index (χ1v) is 12.2. The zero-order valence-electron chi connectivity index (χ0n) is 20.5. The first kappa shape index (κ1) is 29.2. The minimum Gasteiger partial charge on any atom is -0.508 e. The summed E-state index contributed by atoms with van der Waals surface area (Å²) in [6.45, 7) is -1.29. The molecule has 0 amide bonds. The predicted octanol–water partition coefficient (Wildman–Crippen LogP) is -2.08. The molecular weight excluding hydrogens is 520 g/mol. The Kier molecular flexibility index (Phi) is 9.40. The summed E-state index contributed by atoms with van der Waals surface area (Å²) >= 11 is 0. The summed E-state index contributed by atoms with van der Waals surface area (Å²) in [4.78, 5) is 0. The minimum atomic E-state index is -1.67. The molecule has 0 aliphatic carbocycles. The molecule has 0 aromatic heterocycles. The minimum absolute atomic E-state index is 0.0479. The molecule has 9 N–H and O–H groups in total. The largest absolute Gasteiger partial charge is 0.508 e. The normalized spacial score (nSPS) is 35.2. The van der Waals surface area contributed by atoms with E-state index in [4.69, 9.17) is 18.9 Å². The van der Waals surface area contributed by atoms with Crippen molar-refractivity contribution in [2.24, 2.45) is 0 Å². The zero-order chi connectivity index (χ0) is 28.3. The van der Waals surface area contributed by atoms with E-state index in [2.05, 4.69) is 0 Å². The fourth-order valence-electron chi connectivity index (χ4n) is 4.20. The Morgan fingerprint density at radius 3 is 1.46 bits per heavy atom. The van der Waals surface area contributed by atoms with E-state index < -0.39 is 74.6 Å². The standard InChI is InChI=1S/C26H32O13/c27-10-17-19(30)21(32)23(34)25(38-17)36-15-7-13(2-1-12-3-5-14(29)6-4-12)8-16(9-15)37-26-24(35)22(33)20(31)18(11-28)39-26/h1-9,17-35H,10-11H2/t17-,18-,19-,20-,21+,22+,23-,24-,25?,26?/m1/s1. The highest BCUT2D eigenvalue weighted by molar-refractivity contribution is 5.71. The molecule has 2 aliphatic rings. The molecule has 2 aromatic rings. The SMILES string of the molecule is OC[C@H]1OC(Oc2cc(C=Cc3ccc(O)cc3)cc(OC3O[C@H](CO)[C@@H](O)[C@H](O)[C@H]3O)c2)[C@H](O)[C@@H](O)[C@@H]1O. The van der Waals surface area contributed by atoms with Crippen LogP contribution in [0.25, 0.3) is 12.2 Å². The van der Waals surface area contributed by atoms with Crippen LogP contribution in [0, 0.1) is 0 Å². The summed E-state index contributed by atoms with van der Waals surface area (Å²) in [5.74, 6) is 0.191. The molecule has 2 saturated heterocycles. The molecule has 13 heteroatoms. The number of aliphatic hydroxyl groups is 8. The Hall–Kier alpha value is -2.82. The van der Waals surface area contributed by atoms with Crippen LogP contribution in [-0.2, 0) is 9.47 Å². The van der Waals surface area contributed by atoms with Crippen LogP contribution in [0.4, 0.5) is 0 Å². The first-order valence-electron chi connectivity index (χ1n) is 12.2. The molecule has 2 heterocycles. The average molecular weight is 553 g/mol. The molecule has 214 valence electrons. The Morgan fingerprint density at radius 1 is 0.590 bits per heavy atom. The van der Waals surface area contributed by atoms with Crippen LogP contribution in [-0.4, -0.2) is 121 Å². The van der Waals surface area contributed by atoms with E-state index in [0.29, 0.717) is 5.56 Å². The fraction of sp³-hybridized carbons (Fsp3) is 0.462. The van der Waals surface area contributed by atoms with E-state index in [-0.39, 0.29) is 17.2 Å². The summed E-state index contributed by atoms with van der Waals surface area (Å²) in [5.41, 5.74) is 1.22. The molecular formula is C26H32O13. The second-order valence-corrected chi connectivity index (χ2v) is 9.29. The van der Waals surface area contributed by atoms with E-state index in [1.807, 2.05) is 0 Å². The number of ether oxygens (including phenoxy) is 4. The summed E-state index contributed by atoms with van der Waals surface area (Å²) in [6.07, 6.45) is -11.8. The van der Waals surface area contributed by atoms with Gasteiger partial charge in [-0.3, -0.25) is 0 Å². The van der Waals surface area contributed by atoms with Crippen molar-refractivity contribution in [3.63, 3.8) is 0 Å². The molecule has 0 spiro atoms. The van der Waals surface area contributed by atoms with Crippen molar-refractivity contribution in [3.8, 4) is 17.2 Å². The number of rotatable bonds is 8. The van der Waals surface area contributed by atoms with Gasteiger partial charge in [0.25, 0.3) is 0 Å². The molecule has 4 rings (SSSR count). The van der Waals surface area contributed by atoms with Crippen LogP contribution in [0.3, 0.4) is 0 Å². The molecule has 2 unspecified atom stereocenters. The van der Waals surface area contributed by atoms with Gasteiger partial charge in [-0.25, -0.2) is 0 Å².